The third-order valence-corrected chi connectivity index (χ3v) is 3.32. The van der Waals surface area contributed by atoms with Crippen LogP contribution in [-0.2, 0) is 4.74 Å². The monoisotopic (exact) mass is 247 g/mol. The van der Waals surface area contributed by atoms with Crippen LogP contribution >= 0.6 is 0 Å². The first-order valence-electron chi connectivity index (χ1n) is 6.08. The van der Waals surface area contributed by atoms with Crippen LogP contribution in [0.25, 0.3) is 11.1 Å². The van der Waals surface area contributed by atoms with Gasteiger partial charge in [-0.15, -0.1) is 0 Å². The SMILES string of the molecule is CC1(C)COCCN1c1nc2c(N)cccc2o1. The van der Waals surface area contributed by atoms with Crippen molar-refractivity contribution in [3.05, 3.63) is 18.2 Å². The summed E-state index contributed by atoms with van der Waals surface area (Å²) >= 11 is 0. The summed E-state index contributed by atoms with van der Waals surface area (Å²) in [6.07, 6.45) is 0. The molecule has 3 rings (SSSR count). The minimum atomic E-state index is -0.117. The average molecular weight is 247 g/mol. The van der Waals surface area contributed by atoms with E-state index in [0.717, 1.165) is 17.6 Å². The lowest BCUT2D eigenvalue weighted by atomic mass is 10.0. The van der Waals surface area contributed by atoms with Gasteiger partial charge in [0.25, 0.3) is 6.01 Å². The van der Waals surface area contributed by atoms with Gasteiger partial charge in [-0.25, -0.2) is 0 Å². The molecule has 0 spiro atoms. The Hall–Kier alpha value is -1.75. The summed E-state index contributed by atoms with van der Waals surface area (Å²) in [5.41, 5.74) is 7.89. The fraction of sp³-hybridized carbons (Fsp3) is 0.462. The number of rotatable bonds is 1. The molecule has 0 unspecified atom stereocenters. The van der Waals surface area contributed by atoms with Crippen LogP contribution in [0.1, 0.15) is 13.8 Å². The number of nitrogen functional groups attached to an aromatic ring is 1. The number of oxazole rings is 1. The normalized spacial score (nSPS) is 19.3. The van der Waals surface area contributed by atoms with Gasteiger partial charge in [0.1, 0.15) is 5.52 Å². The number of fused-ring (bicyclic) bond motifs is 1. The first-order valence-corrected chi connectivity index (χ1v) is 6.08. The fourth-order valence-electron chi connectivity index (χ4n) is 2.29. The van der Waals surface area contributed by atoms with Crippen molar-refractivity contribution in [3.8, 4) is 0 Å². The van der Waals surface area contributed by atoms with Gasteiger partial charge in [-0.2, -0.15) is 4.98 Å². The van der Waals surface area contributed by atoms with E-state index >= 15 is 0 Å². The molecular formula is C13H17N3O2. The smallest absolute Gasteiger partial charge is 0.299 e. The molecule has 2 aromatic rings. The van der Waals surface area contributed by atoms with Gasteiger partial charge in [-0.05, 0) is 26.0 Å². The highest BCUT2D eigenvalue weighted by atomic mass is 16.5. The van der Waals surface area contributed by atoms with Gasteiger partial charge < -0.3 is 19.8 Å². The minimum absolute atomic E-state index is 0.117. The number of hydrogen-bond donors (Lipinski definition) is 1. The van der Waals surface area contributed by atoms with Crippen molar-refractivity contribution in [1.29, 1.82) is 0 Å². The van der Waals surface area contributed by atoms with Gasteiger partial charge in [-0.3, -0.25) is 0 Å². The lowest BCUT2D eigenvalue weighted by Crippen LogP contribution is -2.53. The fourth-order valence-corrected chi connectivity index (χ4v) is 2.29. The molecule has 1 aliphatic heterocycles. The molecule has 1 aliphatic rings. The molecule has 2 N–H and O–H groups in total. The van der Waals surface area contributed by atoms with E-state index in [9.17, 15) is 0 Å². The van der Waals surface area contributed by atoms with Gasteiger partial charge in [0.05, 0.1) is 24.4 Å². The maximum absolute atomic E-state index is 5.90. The largest absolute Gasteiger partial charge is 0.423 e. The van der Waals surface area contributed by atoms with Crippen molar-refractivity contribution in [2.75, 3.05) is 30.4 Å². The van der Waals surface area contributed by atoms with E-state index in [2.05, 4.69) is 23.7 Å². The quantitative estimate of drug-likeness (QED) is 0.781. The Balaban J connectivity index is 2.06. The molecule has 1 aromatic heterocycles. The second-order valence-electron chi connectivity index (χ2n) is 5.21. The zero-order valence-electron chi connectivity index (χ0n) is 10.6. The van der Waals surface area contributed by atoms with Crippen LogP contribution < -0.4 is 10.6 Å². The molecule has 18 heavy (non-hydrogen) atoms. The Bertz CT molecular complexity index is 577. The molecular weight excluding hydrogens is 230 g/mol. The Labute approximate surface area is 106 Å². The Morgan fingerprint density at radius 1 is 1.39 bits per heavy atom. The maximum atomic E-state index is 5.90. The highest BCUT2D eigenvalue weighted by Crippen LogP contribution is 2.31. The van der Waals surface area contributed by atoms with E-state index in [0.29, 0.717) is 24.9 Å². The molecule has 1 fully saturated rings. The highest BCUT2D eigenvalue weighted by Gasteiger charge is 2.33. The van der Waals surface area contributed by atoms with Crippen molar-refractivity contribution in [2.24, 2.45) is 0 Å². The minimum Gasteiger partial charge on any atom is -0.423 e. The number of aromatic nitrogens is 1. The van der Waals surface area contributed by atoms with Crippen LogP contribution in [-0.4, -0.2) is 30.3 Å². The van der Waals surface area contributed by atoms with E-state index < -0.39 is 0 Å². The molecule has 2 heterocycles. The van der Waals surface area contributed by atoms with E-state index in [1.165, 1.54) is 0 Å². The third-order valence-electron chi connectivity index (χ3n) is 3.32. The van der Waals surface area contributed by atoms with Crippen molar-refractivity contribution in [3.63, 3.8) is 0 Å². The van der Waals surface area contributed by atoms with E-state index in [1.54, 1.807) is 0 Å². The summed E-state index contributed by atoms with van der Waals surface area (Å²) in [5, 5.41) is 0. The molecule has 5 nitrogen and oxygen atoms in total. The zero-order valence-corrected chi connectivity index (χ0v) is 10.6. The summed E-state index contributed by atoms with van der Waals surface area (Å²) in [6, 6.07) is 6.21. The van der Waals surface area contributed by atoms with E-state index in [1.807, 2.05) is 18.2 Å². The number of hydrogen-bond acceptors (Lipinski definition) is 5. The molecule has 0 radical (unpaired) electrons. The number of ether oxygens (including phenoxy) is 1. The lowest BCUT2D eigenvalue weighted by molar-refractivity contribution is 0.0614. The van der Waals surface area contributed by atoms with Crippen molar-refractivity contribution >= 4 is 22.8 Å². The van der Waals surface area contributed by atoms with Gasteiger partial charge in [0.15, 0.2) is 5.58 Å². The van der Waals surface area contributed by atoms with Crippen LogP contribution in [0.4, 0.5) is 11.7 Å². The number of anilines is 2. The first kappa shape index (κ1) is 11.3. The highest BCUT2D eigenvalue weighted by molar-refractivity contribution is 5.86. The van der Waals surface area contributed by atoms with E-state index in [4.69, 9.17) is 14.9 Å². The lowest BCUT2D eigenvalue weighted by Gasteiger charge is -2.40. The number of nitrogens with zero attached hydrogens (tertiary/aromatic N) is 2. The molecule has 0 saturated carbocycles. The Kier molecular flexibility index (Phi) is 2.45. The second kappa shape index (κ2) is 3.88. The van der Waals surface area contributed by atoms with Gasteiger partial charge in [0, 0.05) is 6.54 Å². The number of para-hydroxylation sites is 1. The maximum Gasteiger partial charge on any atom is 0.299 e. The molecule has 1 aromatic carbocycles. The number of morpholine rings is 1. The summed E-state index contributed by atoms with van der Waals surface area (Å²) < 4.78 is 11.3. The van der Waals surface area contributed by atoms with Crippen molar-refractivity contribution in [1.82, 2.24) is 4.98 Å². The molecule has 1 saturated heterocycles. The van der Waals surface area contributed by atoms with Gasteiger partial charge >= 0.3 is 0 Å². The van der Waals surface area contributed by atoms with Crippen LogP contribution in [0.2, 0.25) is 0 Å². The molecule has 0 bridgehead atoms. The average Bonchev–Trinajstić information content (AvgIpc) is 2.73. The van der Waals surface area contributed by atoms with Gasteiger partial charge in [-0.1, -0.05) is 6.07 Å². The summed E-state index contributed by atoms with van der Waals surface area (Å²) in [5.74, 6) is 0. The summed E-state index contributed by atoms with van der Waals surface area (Å²) in [7, 11) is 0. The van der Waals surface area contributed by atoms with Crippen LogP contribution in [0.3, 0.4) is 0 Å². The molecule has 0 atom stereocenters. The summed E-state index contributed by atoms with van der Waals surface area (Å²) in [6.45, 7) is 6.37. The first-order chi connectivity index (χ1) is 8.58. The van der Waals surface area contributed by atoms with Crippen LogP contribution in [0, 0.1) is 0 Å². The standard InChI is InChI=1S/C13H17N3O2/c1-13(2)8-17-7-6-16(13)12-15-11-9(14)4-3-5-10(11)18-12/h3-5H,6-8,14H2,1-2H3. The molecule has 0 amide bonds. The Morgan fingerprint density at radius 3 is 2.94 bits per heavy atom. The zero-order chi connectivity index (χ0) is 12.8. The van der Waals surface area contributed by atoms with E-state index in [-0.39, 0.29) is 5.54 Å². The van der Waals surface area contributed by atoms with Crippen molar-refractivity contribution < 1.29 is 9.15 Å². The number of nitrogens with two attached hydrogens (primary N) is 1. The second-order valence-corrected chi connectivity index (χ2v) is 5.21. The van der Waals surface area contributed by atoms with Gasteiger partial charge in [0.2, 0.25) is 0 Å². The predicted octanol–water partition coefficient (Wildman–Crippen LogP) is 2.03. The Morgan fingerprint density at radius 2 is 2.22 bits per heavy atom. The molecule has 5 heteroatoms. The van der Waals surface area contributed by atoms with Crippen LogP contribution in [0.5, 0.6) is 0 Å². The third kappa shape index (κ3) is 1.71. The number of benzene rings is 1. The summed E-state index contributed by atoms with van der Waals surface area (Å²) in [4.78, 5) is 6.65. The van der Waals surface area contributed by atoms with Crippen LogP contribution in [0.15, 0.2) is 22.6 Å². The van der Waals surface area contributed by atoms with Crippen molar-refractivity contribution in [2.45, 2.75) is 19.4 Å². The molecule has 96 valence electrons. The topological polar surface area (TPSA) is 64.5 Å². The predicted molar refractivity (Wildman–Crippen MR) is 70.7 cm³/mol. The molecule has 0 aliphatic carbocycles.